The smallest absolute Gasteiger partial charge is 0.136 e. The molecular formula is C13H17ClN2O. The first-order chi connectivity index (χ1) is 8.26. The summed E-state index contributed by atoms with van der Waals surface area (Å²) in [5.74, 6) is 1.26. The number of ether oxygens (including phenoxy) is 1. The van der Waals surface area contributed by atoms with Crippen molar-refractivity contribution < 1.29 is 4.74 Å². The third-order valence-electron chi connectivity index (χ3n) is 3.71. The van der Waals surface area contributed by atoms with Crippen molar-refractivity contribution in [1.29, 1.82) is 0 Å². The third-order valence-corrected chi connectivity index (χ3v) is 3.90. The molecule has 0 saturated carbocycles. The first kappa shape index (κ1) is 11.4. The Bertz CT molecular complexity index is 424. The van der Waals surface area contributed by atoms with Gasteiger partial charge in [0, 0.05) is 11.6 Å². The van der Waals surface area contributed by atoms with Gasteiger partial charge in [0.15, 0.2) is 0 Å². The molecule has 2 bridgehead atoms. The molecule has 3 atom stereocenters. The van der Waals surface area contributed by atoms with E-state index in [2.05, 4.69) is 16.9 Å². The van der Waals surface area contributed by atoms with Gasteiger partial charge in [-0.25, -0.2) is 9.97 Å². The molecule has 0 N–H and O–H groups in total. The zero-order valence-corrected chi connectivity index (χ0v) is 10.8. The quantitative estimate of drug-likeness (QED) is 0.776. The van der Waals surface area contributed by atoms with Crippen LogP contribution in [0.5, 0.6) is 0 Å². The van der Waals surface area contributed by atoms with Crippen molar-refractivity contribution in [3.63, 3.8) is 0 Å². The van der Waals surface area contributed by atoms with Crippen LogP contribution < -0.4 is 0 Å². The summed E-state index contributed by atoms with van der Waals surface area (Å²) in [6.45, 7) is 2.15. The lowest BCUT2D eigenvalue weighted by Crippen LogP contribution is -2.17. The molecule has 2 saturated heterocycles. The maximum Gasteiger partial charge on any atom is 0.136 e. The summed E-state index contributed by atoms with van der Waals surface area (Å²) in [5, 5.41) is 0.571. The molecule has 0 aliphatic carbocycles. The number of rotatable bonds is 3. The molecule has 2 fully saturated rings. The van der Waals surface area contributed by atoms with Crippen molar-refractivity contribution in [2.75, 3.05) is 0 Å². The molecule has 1 aromatic rings. The lowest BCUT2D eigenvalue weighted by atomic mass is 9.88. The molecule has 2 aliphatic rings. The Morgan fingerprint density at radius 1 is 1.41 bits per heavy atom. The van der Waals surface area contributed by atoms with Crippen LogP contribution in [0.25, 0.3) is 0 Å². The molecule has 3 nitrogen and oxygen atoms in total. The predicted molar refractivity (Wildman–Crippen MR) is 66.3 cm³/mol. The standard InChI is InChI=1S/C13H17ClN2O/c1-2-3-8-6-12(14)16-13(15-8)10-7-9-4-5-11(10)17-9/h6,9-11H,2-5,7H2,1H3. The Labute approximate surface area is 107 Å². The van der Waals surface area contributed by atoms with Crippen molar-refractivity contribution in [1.82, 2.24) is 9.97 Å². The van der Waals surface area contributed by atoms with Crippen LogP contribution in [0.1, 0.15) is 50.0 Å². The van der Waals surface area contributed by atoms with Gasteiger partial charge in [-0.05, 0) is 31.7 Å². The fourth-order valence-electron chi connectivity index (χ4n) is 2.94. The van der Waals surface area contributed by atoms with Gasteiger partial charge >= 0.3 is 0 Å². The molecule has 0 radical (unpaired) electrons. The number of halogens is 1. The Morgan fingerprint density at radius 2 is 2.29 bits per heavy atom. The highest BCUT2D eigenvalue weighted by atomic mass is 35.5. The van der Waals surface area contributed by atoms with Crippen LogP contribution in [0.15, 0.2) is 6.07 Å². The second kappa shape index (κ2) is 4.54. The lowest BCUT2D eigenvalue weighted by Gasteiger charge is -2.17. The van der Waals surface area contributed by atoms with Gasteiger partial charge in [0.05, 0.1) is 12.2 Å². The van der Waals surface area contributed by atoms with Crippen LogP contribution in [-0.2, 0) is 11.2 Å². The molecule has 4 heteroatoms. The van der Waals surface area contributed by atoms with Crippen molar-refractivity contribution in [2.24, 2.45) is 0 Å². The average Bonchev–Trinajstić information content (AvgIpc) is 2.90. The number of hydrogen-bond donors (Lipinski definition) is 0. The highest BCUT2D eigenvalue weighted by Crippen LogP contribution is 2.43. The van der Waals surface area contributed by atoms with E-state index < -0.39 is 0 Å². The molecule has 0 amide bonds. The summed E-state index contributed by atoms with van der Waals surface area (Å²) in [4.78, 5) is 9.04. The van der Waals surface area contributed by atoms with Gasteiger partial charge in [-0.1, -0.05) is 24.9 Å². The van der Waals surface area contributed by atoms with Crippen molar-refractivity contribution in [3.8, 4) is 0 Å². The zero-order valence-electron chi connectivity index (χ0n) is 10.0. The number of aryl methyl sites for hydroxylation is 1. The molecule has 1 aromatic heterocycles. The first-order valence-corrected chi connectivity index (χ1v) is 6.83. The second-order valence-corrected chi connectivity index (χ2v) is 5.39. The van der Waals surface area contributed by atoms with E-state index in [0.717, 1.165) is 37.2 Å². The lowest BCUT2D eigenvalue weighted by molar-refractivity contribution is 0.0998. The normalized spacial score (nSPS) is 31.1. The number of fused-ring (bicyclic) bond motifs is 2. The van der Waals surface area contributed by atoms with E-state index in [1.54, 1.807) is 0 Å². The Balaban J connectivity index is 1.87. The molecule has 92 valence electrons. The fourth-order valence-corrected chi connectivity index (χ4v) is 3.16. The van der Waals surface area contributed by atoms with Gasteiger partial charge in [0.25, 0.3) is 0 Å². The van der Waals surface area contributed by atoms with Gasteiger partial charge in [0.1, 0.15) is 11.0 Å². The molecule has 3 heterocycles. The SMILES string of the molecule is CCCc1cc(Cl)nc(C2CC3CCC2O3)n1. The maximum atomic E-state index is 6.07. The fraction of sp³-hybridized carbons (Fsp3) is 0.692. The number of aromatic nitrogens is 2. The van der Waals surface area contributed by atoms with Gasteiger partial charge in [0.2, 0.25) is 0 Å². The molecular weight excluding hydrogens is 236 g/mol. The first-order valence-electron chi connectivity index (χ1n) is 6.45. The molecule has 0 spiro atoms. The molecule has 2 aliphatic heterocycles. The minimum Gasteiger partial charge on any atom is -0.374 e. The Hall–Kier alpha value is -0.670. The van der Waals surface area contributed by atoms with Crippen LogP contribution in [0.3, 0.4) is 0 Å². The van der Waals surface area contributed by atoms with E-state index in [-0.39, 0.29) is 0 Å². The second-order valence-electron chi connectivity index (χ2n) is 5.01. The summed E-state index contributed by atoms with van der Waals surface area (Å²) in [7, 11) is 0. The number of nitrogens with zero attached hydrogens (tertiary/aromatic N) is 2. The van der Waals surface area contributed by atoms with E-state index in [0.29, 0.717) is 23.3 Å². The average molecular weight is 253 g/mol. The minimum atomic E-state index is 0.327. The van der Waals surface area contributed by atoms with Crippen LogP contribution >= 0.6 is 11.6 Å². The van der Waals surface area contributed by atoms with Crippen LogP contribution in [0.4, 0.5) is 0 Å². The zero-order chi connectivity index (χ0) is 11.8. The van der Waals surface area contributed by atoms with Crippen LogP contribution in [-0.4, -0.2) is 22.2 Å². The third kappa shape index (κ3) is 2.18. The van der Waals surface area contributed by atoms with Crippen LogP contribution in [0, 0.1) is 0 Å². The van der Waals surface area contributed by atoms with E-state index >= 15 is 0 Å². The van der Waals surface area contributed by atoms with Crippen molar-refractivity contribution >= 4 is 11.6 Å². The highest BCUT2D eigenvalue weighted by Gasteiger charge is 2.43. The summed E-state index contributed by atoms with van der Waals surface area (Å²) >= 11 is 6.07. The predicted octanol–water partition coefficient (Wildman–Crippen LogP) is 3.12. The van der Waals surface area contributed by atoms with Gasteiger partial charge < -0.3 is 4.74 Å². The van der Waals surface area contributed by atoms with E-state index in [4.69, 9.17) is 16.3 Å². The van der Waals surface area contributed by atoms with Gasteiger partial charge in [-0.2, -0.15) is 0 Å². The molecule has 0 aromatic carbocycles. The highest BCUT2D eigenvalue weighted by molar-refractivity contribution is 6.29. The summed E-state index contributed by atoms with van der Waals surface area (Å²) in [6, 6.07) is 1.88. The molecule has 3 rings (SSSR count). The summed E-state index contributed by atoms with van der Waals surface area (Å²) in [5.41, 5.74) is 1.06. The number of hydrogen-bond acceptors (Lipinski definition) is 3. The monoisotopic (exact) mass is 252 g/mol. The Morgan fingerprint density at radius 3 is 2.94 bits per heavy atom. The van der Waals surface area contributed by atoms with Crippen LogP contribution in [0.2, 0.25) is 5.15 Å². The molecule has 17 heavy (non-hydrogen) atoms. The minimum absolute atomic E-state index is 0.327. The van der Waals surface area contributed by atoms with E-state index in [1.165, 1.54) is 6.42 Å². The Kier molecular flexibility index (Phi) is 3.05. The largest absolute Gasteiger partial charge is 0.374 e. The maximum absolute atomic E-state index is 6.07. The van der Waals surface area contributed by atoms with Crippen molar-refractivity contribution in [2.45, 2.75) is 57.2 Å². The summed E-state index contributed by atoms with van der Waals surface area (Å²) in [6.07, 6.45) is 6.22. The topological polar surface area (TPSA) is 35.0 Å². The van der Waals surface area contributed by atoms with E-state index in [1.807, 2.05) is 6.07 Å². The molecule has 3 unspecified atom stereocenters. The van der Waals surface area contributed by atoms with Crippen molar-refractivity contribution in [3.05, 3.63) is 22.7 Å². The van der Waals surface area contributed by atoms with E-state index in [9.17, 15) is 0 Å². The summed E-state index contributed by atoms with van der Waals surface area (Å²) < 4.78 is 5.86. The van der Waals surface area contributed by atoms with Gasteiger partial charge in [-0.15, -0.1) is 0 Å². The van der Waals surface area contributed by atoms with Gasteiger partial charge in [-0.3, -0.25) is 0 Å².